The number of halogens is 1. The van der Waals surface area contributed by atoms with Crippen LogP contribution in [0.2, 0.25) is 0 Å². The van der Waals surface area contributed by atoms with Crippen LogP contribution < -0.4 is 10.2 Å². The molecule has 2 heterocycles. The number of ether oxygens (including phenoxy) is 2. The number of pyridine rings is 1. The van der Waals surface area contributed by atoms with Crippen LogP contribution in [0.3, 0.4) is 0 Å². The molecule has 0 unspecified atom stereocenters. The van der Waals surface area contributed by atoms with Crippen molar-refractivity contribution in [1.29, 1.82) is 0 Å². The zero-order chi connectivity index (χ0) is 22.0. The quantitative estimate of drug-likeness (QED) is 0.582. The average molecular weight is 423 g/mol. The van der Waals surface area contributed by atoms with E-state index in [-0.39, 0.29) is 11.4 Å². The van der Waals surface area contributed by atoms with E-state index in [4.69, 9.17) is 9.47 Å². The van der Waals surface area contributed by atoms with Gasteiger partial charge in [0.2, 0.25) is 0 Å². The molecule has 0 bridgehead atoms. The van der Waals surface area contributed by atoms with Gasteiger partial charge in [-0.1, -0.05) is 12.1 Å². The van der Waals surface area contributed by atoms with Gasteiger partial charge in [-0.3, -0.25) is 4.79 Å². The lowest BCUT2D eigenvalue weighted by molar-refractivity contribution is 0.0694. The normalized spacial score (nSPS) is 12.2. The highest BCUT2D eigenvalue weighted by molar-refractivity contribution is 5.88. The second-order valence-corrected chi connectivity index (χ2v) is 7.39. The summed E-state index contributed by atoms with van der Waals surface area (Å²) in [6.45, 7) is 1.61. The number of carboxylic acids is 1. The molecule has 0 spiro atoms. The van der Waals surface area contributed by atoms with E-state index in [1.54, 1.807) is 23.8 Å². The topological polar surface area (TPSA) is 77.8 Å². The molecule has 1 aliphatic rings. The molecule has 1 aliphatic heterocycles. The van der Waals surface area contributed by atoms with Crippen molar-refractivity contribution in [2.75, 3.05) is 20.3 Å². The monoisotopic (exact) mass is 423 g/mol. The van der Waals surface area contributed by atoms with Crippen molar-refractivity contribution >= 4 is 5.97 Å². The van der Waals surface area contributed by atoms with E-state index in [0.29, 0.717) is 37.6 Å². The van der Waals surface area contributed by atoms with Crippen LogP contribution in [0.5, 0.6) is 5.75 Å². The first-order valence-electron chi connectivity index (χ1n) is 10.0. The number of fused-ring (bicyclic) bond motifs is 3. The maximum atomic E-state index is 13.5. The Morgan fingerprint density at radius 1 is 1.13 bits per heavy atom. The zero-order valence-electron chi connectivity index (χ0n) is 17.1. The first-order chi connectivity index (χ1) is 15.0. The lowest BCUT2D eigenvalue weighted by Gasteiger charge is -2.25. The number of aromatic carboxylic acids is 1. The Kier molecular flexibility index (Phi) is 5.86. The number of aryl methyl sites for hydroxylation is 2. The van der Waals surface area contributed by atoms with Crippen LogP contribution in [0, 0.1) is 5.82 Å². The van der Waals surface area contributed by atoms with Gasteiger partial charge >= 0.3 is 5.97 Å². The number of hydrogen-bond donors (Lipinski definition) is 1. The van der Waals surface area contributed by atoms with Crippen LogP contribution in [0.15, 0.2) is 53.5 Å². The SMILES string of the molecule is COCCCOc1cc2c(cc1-c1ccc(F)cc1)-c1cc(=O)c(C(=O)O)cn1CC2. The maximum Gasteiger partial charge on any atom is 0.341 e. The first-order valence-corrected chi connectivity index (χ1v) is 10.0. The lowest BCUT2D eigenvalue weighted by atomic mass is 9.91. The number of benzene rings is 2. The predicted octanol–water partition coefficient (Wildman–Crippen LogP) is 3.99. The number of nitrogens with zero attached hydrogens (tertiary/aromatic N) is 1. The average Bonchev–Trinajstić information content (AvgIpc) is 2.76. The van der Waals surface area contributed by atoms with E-state index < -0.39 is 11.4 Å². The number of carbonyl (C=O) groups is 1. The molecule has 6 nitrogen and oxygen atoms in total. The first kappa shape index (κ1) is 20.8. The molecule has 0 saturated carbocycles. The highest BCUT2D eigenvalue weighted by Crippen LogP contribution is 2.39. The predicted molar refractivity (Wildman–Crippen MR) is 114 cm³/mol. The summed E-state index contributed by atoms with van der Waals surface area (Å²) >= 11 is 0. The van der Waals surface area contributed by atoms with Crippen LogP contribution in [0.25, 0.3) is 22.4 Å². The molecule has 0 atom stereocenters. The molecule has 0 saturated heterocycles. The van der Waals surface area contributed by atoms with Gasteiger partial charge in [0.1, 0.15) is 17.1 Å². The highest BCUT2D eigenvalue weighted by atomic mass is 19.1. The summed E-state index contributed by atoms with van der Waals surface area (Å²) in [7, 11) is 1.64. The van der Waals surface area contributed by atoms with E-state index in [1.807, 2.05) is 12.1 Å². The Hall–Kier alpha value is -3.45. The molecule has 4 rings (SSSR count). The zero-order valence-corrected chi connectivity index (χ0v) is 17.1. The Labute approximate surface area is 178 Å². The summed E-state index contributed by atoms with van der Waals surface area (Å²) in [6, 6.07) is 11.4. The van der Waals surface area contributed by atoms with Gasteiger partial charge in [0.25, 0.3) is 0 Å². The summed E-state index contributed by atoms with van der Waals surface area (Å²) < 4.78 is 26.4. The smallest absolute Gasteiger partial charge is 0.341 e. The molecule has 160 valence electrons. The minimum atomic E-state index is -1.24. The third-order valence-electron chi connectivity index (χ3n) is 5.37. The highest BCUT2D eigenvalue weighted by Gasteiger charge is 2.22. The molecule has 31 heavy (non-hydrogen) atoms. The van der Waals surface area contributed by atoms with E-state index in [2.05, 4.69) is 0 Å². The number of methoxy groups -OCH3 is 1. The number of aromatic nitrogens is 1. The van der Waals surface area contributed by atoms with Crippen LogP contribution in [0.1, 0.15) is 22.3 Å². The molecular formula is C24H22FNO5. The van der Waals surface area contributed by atoms with E-state index in [1.165, 1.54) is 24.4 Å². The largest absolute Gasteiger partial charge is 0.493 e. The third kappa shape index (κ3) is 4.22. The number of carboxylic acid groups (broad SMARTS) is 1. The molecule has 7 heteroatoms. The Bertz CT molecular complexity index is 1180. The summed E-state index contributed by atoms with van der Waals surface area (Å²) in [5, 5.41) is 9.27. The van der Waals surface area contributed by atoms with Gasteiger partial charge in [-0.2, -0.15) is 0 Å². The van der Waals surface area contributed by atoms with Gasteiger partial charge in [-0.05, 0) is 41.8 Å². The van der Waals surface area contributed by atoms with Gasteiger partial charge in [-0.15, -0.1) is 0 Å². The fourth-order valence-electron chi connectivity index (χ4n) is 3.82. The van der Waals surface area contributed by atoms with Crippen molar-refractivity contribution < 1.29 is 23.8 Å². The summed E-state index contributed by atoms with van der Waals surface area (Å²) in [5.74, 6) is -0.889. The molecule has 2 aromatic carbocycles. The molecule has 0 radical (unpaired) electrons. The molecule has 3 aromatic rings. The second-order valence-electron chi connectivity index (χ2n) is 7.39. The lowest BCUT2D eigenvalue weighted by Crippen LogP contribution is -2.22. The van der Waals surface area contributed by atoms with Crippen molar-refractivity contribution in [3.05, 3.63) is 75.8 Å². The standard InChI is InChI=1S/C24H22FNO5/c1-30-9-2-10-31-23-11-16-7-8-26-14-20(24(28)29)22(27)13-21(26)18(16)12-19(23)15-3-5-17(25)6-4-15/h3-6,11-14H,2,7-10H2,1H3,(H,28,29). The van der Waals surface area contributed by atoms with Crippen molar-refractivity contribution in [3.8, 4) is 28.1 Å². The van der Waals surface area contributed by atoms with Crippen LogP contribution in [-0.4, -0.2) is 36.0 Å². The van der Waals surface area contributed by atoms with Gasteiger partial charge in [0.05, 0.1) is 12.3 Å². The van der Waals surface area contributed by atoms with E-state index >= 15 is 0 Å². The molecule has 0 amide bonds. The number of rotatable bonds is 7. The van der Waals surface area contributed by atoms with E-state index in [9.17, 15) is 19.1 Å². The Morgan fingerprint density at radius 3 is 2.61 bits per heavy atom. The summed E-state index contributed by atoms with van der Waals surface area (Å²) in [5.41, 5.74) is 3.29. The van der Waals surface area contributed by atoms with Crippen LogP contribution in [-0.2, 0) is 17.7 Å². The van der Waals surface area contributed by atoms with Gasteiger partial charge in [0, 0.05) is 50.1 Å². The summed E-state index contributed by atoms with van der Waals surface area (Å²) in [6.07, 6.45) is 2.80. The van der Waals surface area contributed by atoms with Crippen LogP contribution >= 0.6 is 0 Å². The third-order valence-corrected chi connectivity index (χ3v) is 5.37. The van der Waals surface area contributed by atoms with Crippen molar-refractivity contribution in [1.82, 2.24) is 4.57 Å². The van der Waals surface area contributed by atoms with Gasteiger partial charge < -0.3 is 19.1 Å². The summed E-state index contributed by atoms with van der Waals surface area (Å²) in [4.78, 5) is 23.7. The second kappa shape index (κ2) is 8.73. The Balaban J connectivity index is 1.82. The molecule has 1 N–H and O–H groups in total. The van der Waals surface area contributed by atoms with Crippen molar-refractivity contribution in [3.63, 3.8) is 0 Å². The minimum absolute atomic E-state index is 0.246. The molecular weight excluding hydrogens is 401 g/mol. The molecule has 0 fully saturated rings. The van der Waals surface area contributed by atoms with Gasteiger partial charge in [0.15, 0.2) is 5.43 Å². The number of hydrogen-bond acceptors (Lipinski definition) is 4. The fourth-order valence-corrected chi connectivity index (χ4v) is 3.82. The maximum absolute atomic E-state index is 13.5. The minimum Gasteiger partial charge on any atom is -0.493 e. The molecule has 1 aromatic heterocycles. The van der Waals surface area contributed by atoms with Crippen molar-refractivity contribution in [2.45, 2.75) is 19.4 Å². The molecule has 0 aliphatic carbocycles. The van der Waals surface area contributed by atoms with Gasteiger partial charge in [-0.25, -0.2) is 9.18 Å². The van der Waals surface area contributed by atoms with Crippen LogP contribution in [0.4, 0.5) is 4.39 Å². The Morgan fingerprint density at radius 2 is 1.90 bits per heavy atom. The fraction of sp³-hybridized carbons (Fsp3) is 0.250. The van der Waals surface area contributed by atoms with Crippen molar-refractivity contribution in [2.24, 2.45) is 0 Å². The van der Waals surface area contributed by atoms with E-state index in [0.717, 1.165) is 28.7 Å².